The second kappa shape index (κ2) is 6.22. The van der Waals surface area contributed by atoms with E-state index in [1.165, 1.54) is 0 Å². The fourth-order valence-corrected chi connectivity index (χ4v) is 0.846. The standard InChI is InChI=1S/C9H14O4/c1-3-9(12)13-7(2)5-4-6-8(10)11/h3,7H,1,4-6H2,2H3,(H,10,11). The lowest BCUT2D eigenvalue weighted by Gasteiger charge is -2.10. The van der Waals surface area contributed by atoms with Crippen molar-refractivity contribution in [3.05, 3.63) is 12.7 Å². The largest absolute Gasteiger partial charge is 0.481 e. The molecular formula is C9H14O4. The lowest BCUT2D eigenvalue weighted by molar-refractivity contribution is -0.142. The van der Waals surface area contributed by atoms with Crippen molar-refractivity contribution in [1.82, 2.24) is 0 Å². The maximum atomic E-state index is 10.7. The highest BCUT2D eigenvalue weighted by Crippen LogP contribution is 2.04. The minimum absolute atomic E-state index is 0.107. The van der Waals surface area contributed by atoms with Gasteiger partial charge in [0.1, 0.15) is 0 Å². The van der Waals surface area contributed by atoms with Gasteiger partial charge in [-0.25, -0.2) is 4.79 Å². The highest BCUT2D eigenvalue weighted by atomic mass is 16.5. The highest BCUT2D eigenvalue weighted by Gasteiger charge is 2.06. The van der Waals surface area contributed by atoms with Gasteiger partial charge < -0.3 is 9.84 Å². The first-order valence-corrected chi connectivity index (χ1v) is 4.11. The van der Waals surface area contributed by atoms with Crippen LogP contribution in [0.1, 0.15) is 26.2 Å². The predicted molar refractivity (Wildman–Crippen MR) is 47.2 cm³/mol. The maximum Gasteiger partial charge on any atom is 0.330 e. The van der Waals surface area contributed by atoms with Crippen molar-refractivity contribution in [3.8, 4) is 0 Å². The van der Waals surface area contributed by atoms with Crippen LogP contribution in [0.15, 0.2) is 12.7 Å². The molecule has 0 aliphatic heterocycles. The van der Waals surface area contributed by atoms with E-state index in [1.807, 2.05) is 0 Å². The first kappa shape index (κ1) is 11.7. The molecule has 1 atom stereocenters. The van der Waals surface area contributed by atoms with Crippen LogP contribution in [-0.4, -0.2) is 23.1 Å². The Balaban J connectivity index is 3.51. The molecular weight excluding hydrogens is 172 g/mol. The molecule has 0 saturated heterocycles. The second-order valence-electron chi connectivity index (χ2n) is 2.74. The zero-order chi connectivity index (χ0) is 10.3. The molecule has 74 valence electrons. The molecule has 0 radical (unpaired) electrons. The van der Waals surface area contributed by atoms with Gasteiger partial charge in [-0.15, -0.1) is 0 Å². The molecule has 0 spiro atoms. The van der Waals surface area contributed by atoms with Gasteiger partial charge in [-0.2, -0.15) is 0 Å². The third kappa shape index (κ3) is 7.05. The van der Waals surface area contributed by atoms with Crippen molar-refractivity contribution in [2.75, 3.05) is 0 Å². The average Bonchev–Trinajstić information content (AvgIpc) is 2.03. The van der Waals surface area contributed by atoms with Crippen LogP contribution in [-0.2, 0) is 14.3 Å². The number of hydrogen-bond acceptors (Lipinski definition) is 3. The minimum Gasteiger partial charge on any atom is -0.481 e. The topological polar surface area (TPSA) is 63.6 Å². The molecule has 0 aliphatic carbocycles. The molecule has 0 saturated carbocycles. The Labute approximate surface area is 77.2 Å². The monoisotopic (exact) mass is 186 g/mol. The van der Waals surface area contributed by atoms with Crippen LogP contribution in [0.3, 0.4) is 0 Å². The van der Waals surface area contributed by atoms with E-state index in [-0.39, 0.29) is 12.5 Å². The van der Waals surface area contributed by atoms with E-state index in [9.17, 15) is 9.59 Å². The normalized spacial score (nSPS) is 11.8. The lowest BCUT2D eigenvalue weighted by Crippen LogP contribution is -2.13. The number of hydrogen-bond donors (Lipinski definition) is 1. The molecule has 0 bridgehead atoms. The van der Waals surface area contributed by atoms with Gasteiger partial charge in [0.15, 0.2) is 0 Å². The summed E-state index contributed by atoms with van der Waals surface area (Å²) in [7, 11) is 0. The van der Waals surface area contributed by atoms with Gasteiger partial charge in [0.2, 0.25) is 0 Å². The second-order valence-corrected chi connectivity index (χ2v) is 2.74. The number of carboxylic acids is 1. The van der Waals surface area contributed by atoms with Gasteiger partial charge in [0.05, 0.1) is 6.10 Å². The summed E-state index contributed by atoms with van der Waals surface area (Å²) < 4.78 is 4.83. The smallest absolute Gasteiger partial charge is 0.330 e. The quantitative estimate of drug-likeness (QED) is 0.502. The molecule has 1 unspecified atom stereocenters. The predicted octanol–water partition coefficient (Wildman–Crippen LogP) is 1.36. The van der Waals surface area contributed by atoms with E-state index >= 15 is 0 Å². The van der Waals surface area contributed by atoms with Crippen molar-refractivity contribution in [1.29, 1.82) is 0 Å². The summed E-state index contributed by atoms with van der Waals surface area (Å²) in [6.07, 6.45) is 2.03. The van der Waals surface area contributed by atoms with Crippen LogP contribution in [0.2, 0.25) is 0 Å². The van der Waals surface area contributed by atoms with Crippen LogP contribution >= 0.6 is 0 Å². The fourth-order valence-electron chi connectivity index (χ4n) is 0.846. The number of carbonyl (C=O) groups is 2. The van der Waals surface area contributed by atoms with Gasteiger partial charge in [-0.3, -0.25) is 4.79 Å². The van der Waals surface area contributed by atoms with Gasteiger partial charge >= 0.3 is 11.9 Å². The van der Waals surface area contributed by atoms with Gasteiger partial charge in [-0.1, -0.05) is 6.58 Å². The Hall–Kier alpha value is -1.32. The molecule has 0 aromatic rings. The van der Waals surface area contributed by atoms with Crippen LogP contribution < -0.4 is 0 Å². The average molecular weight is 186 g/mol. The summed E-state index contributed by atoms with van der Waals surface area (Å²) in [6.45, 7) is 4.98. The Morgan fingerprint density at radius 1 is 1.62 bits per heavy atom. The molecule has 4 nitrogen and oxygen atoms in total. The number of aliphatic carboxylic acids is 1. The van der Waals surface area contributed by atoms with E-state index in [0.717, 1.165) is 6.08 Å². The van der Waals surface area contributed by atoms with E-state index in [2.05, 4.69) is 6.58 Å². The minimum atomic E-state index is -0.831. The van der Waals surface area contributed by atoms with E-state index in [4.69, 9.17) is 9.84 Å². The SMILES string of the molecule is C=CC(=O)OC(C)CCCC(=O)O. The summed E-state index contributed by atoms with van der Waals surface area (Å²) in [5, 5.41) is 8.33. The maximum absolute atomic E-state index is 10.7. The third-order valence-electron chi connectivity index (χ3n) is 1.49. The van der Waals surface area contributed by atoms with Crippen molar-refractivity contribution >= 4 is 11.9 Å². The number of ether oxygens (including phenoxy) is 1. The lowest BCUT2D eigenvalue weighted by atomic mass is 10.2. The molecule has 4 heteroatoms. The highest BCUT2D eigenvalue weighted by molar-refractivity contribution is 5.81. The molecule has 0 amide bonds. The molecule has 0 aromatic heterocycles. The van der Waals surface area contributed by atoms with E-state index in [0.29, 0.717) is 12.8 Å². The summed E-state index contributed by atoms with van der Waals surface area (Å²) in [6, 6.07) is 0. The number of esters is 1. The van der Waals surface area contributed by atoms with E-state index in [1.54, 1.807) is 6.92 Å². The van der Waals surface area contributed by atoms with Crippen molar-refractivity contribution in [3.63, 3.8) is 0 Å². The van der Waals surface area contributed by atoms with Gasteiger partial charge in [0.25, 0.3) is 0 Å². The van der Waals surface area contributed by atoms with Crippen molar-refractivity contribution < 1.29 is 19.4 Å². The number of carbonyl (C=O) groups excluding carboxylic acids is 1. The Bertz CT molecular complexity index is 198. The number of rotatable bonds is 6. The summed E-state index contributed by atoms with van der Waals surface area (Å²) in [5.74, 6) is -1.30. The fraction of sp³-hybridized carbons (Fsp3) is 0.556. The molecule has 13 heavy (non-hydrogen) atoms. The Kier molecular flexibility index (Phi) is 5.59. The zero-order valence-electron chi connectivity index (χ0n) is 7.66. The molecule has 1 N–H and O–H groups in total. The van der Waals surface area contributed by atoms with Crippen LogP contribution in [0.4, 0.5) is 0 Å². The summed E-state index contributed by atoms with van der Waals surface area (Å²) in [5.41, 5.74) is 0. The molecule has 0 fully saturated rings. The molecule has 0 aliphatic rings. The molecule has 0 rings (SSSR count). The van der Waals surface area contributed by atoms with Crippen LogP contribution in [0.5, 0.6) is 0 Å². The summed E-state index contributed by atoms with van der Waals surface area (Å²) >= 11 is 0. The third-order valence-corrected chi connectivity index (χ3v) is 1.49. The van der Waals surface area contributed by atoms with Crippen molar-refractivity contribution in [2.24, 2.45) is 0 Å². The van der Waals surface area contributed by atoms with Crippen LogP contribution in [0.25, 0.3) is 0 Å². The number of carboxylic acid groups (broad SMARTS) is 1. The Morgan fingerprint density at radius 2 is 2.23 bits per heavy atom. The summed E-state index contributed by atoms with van der Waals surface area (Å²) in [4.78, 5) is 20.8. The zero-order valence-corrected chi connectivity index (χ0v) is 7.66. The van der Waals surface area contributed by atoms with Crippen LogP contribution in [0, 0.1) is 0 Å². The first-order chi connectivity index (χ1) is 6.06. The van der Waals surface area contributed by atoms with Gasteiger partial charge in [-0.05, 0) is 19.8 Å². The molecule has 0 heterocycles. The van der Waals surface area contributed by atoms with Gasteiger partial charge in [0, 0.05) is 12.5 Å². The van der Waals surface area contributed by atoms with Crippen molar-refractivity contribution in [2.45, 2.75) is 32.3 Å². The Morgan fingerprint density at radius 3 is 2.69 bits per heavy atom. The molecule has 0 aromatic carbocycles. The first-order valence-electron chi connectivity index (χ1n) is 4.11. The van der Waals surface area contributed by atoms with E-state index < -0.39 is 11.9 Å².